The number of nitrogens with one attached hydrogen (secondary N) is 2. The fraction of sp³-hybridized carbons (Fsp3) is 0.550. The first-order valence-corrected chi connectivity index (χ1v) is 9.33. The Labute approximate surface area is 165 Å². The number of nitrogen functional groups attached to an aromatic ring is 1. The monoisotopic (exact) mass is 393 g/mol. The standard InChI is InChI=1S/C20H27N3O3.ClH/c21-19(22)15-4-2-1-3-14(15)18(26)16-7-10-20(12-23-16)8-5-13(6-9-20)11-17(24)25;/h1-4,13,16,23H,5-12H2,(H3,21,22)(H,24,25);1H. The van der Waals surface area contributed by atoms with E-state index in [1.165, 1.54) is 0 Å². The molecular weight excluding hydrogens is 366 g/mol. The van der Waals surface area contributed by atoms with Crippen molar-refractivity contribution in [1.29, 1.82) is 5.41 Å². The fourth-order valence-corrected chi connectivity index (χ4v) is 4.49. The lowest BCUT2D eigenvalue weighted by atomic mass is 9.65. The van der Waals surface area contributed by atoms with E-state index < -0.39 is 5.97 Å². The van der Waals surface area contributed by atoms with E-state index in [9.17, 15) is 9.59 Å². The highest BCUT2D eigenvalue weighted by atomic mass is 35.5. The first kappa shape index (κ1) is 21.4. The van der Waals surface area contributed by atoms with Crippen LogP contribution in [0.5, 0.6) is 0 Å². The summed E-state index contributed by atoms with van der Waals surface area (Å²) in [5, 5.41) is 20.1. The molecule has 0 bridgehead atoms. The second-order valence-electron chi connectivity index (χ2n) is 7.84. The normalized spacial score (nSPS) is 27.6. The van der Waals surface area contributed by atoms with Gasteiger partial charge >= 0.3 is 5.97 Å². The van der Waals surface area contributed by atoms with Crippen molar-refractivity contribution in [2.75, 3.05) is 6.54 Å². The highest BCUT2D eigenvalue weighted by molar-refractivity contribution is 6.10. The third kappa shape index (κ3) is 4.87. The SMILES string of the molecule is Cl.N=C(N)c1ccccc1C(=O)C1CCC2(CCC(CC(=O)O)CC2)CN1. The molecule has 1 saturated carbocycles. The lowest BCUT2D eigenvalue weighted by Gasteiger charge is -2.45. The van der Waals surface area contributed by atoms with Gasteiger partial charge in [0.1, 0.15) is 5.84 Å². The molecule has 1 aromatic carbocycles. The summed E-state index contributed by atoms with van der Waals surface area (Å²) in [4.78, 5) is 23.8. The number of rotatable bonds is 5. The number of benzene rings is 1. The van der Waals surface area contributed by atoms with E-state index in [1.54, 1.807) is 24.3 Å². The van der Waals surface area contributed by atoms with Gasteiger partial charge in [0.25, 0.3) is 0 Å². The average molecular weight is 394 g/mol. The minimum Gasteiger partial charge on any atom is -0.481 e. The van der Waals surface area contributed by atoms with Gasteiger partial charge in [-0.25, -0.2) is 0 Å². The van der Waals surface area contributed by atoms with Crippen molar-refractivity contribution in [3.05, 3.63) is 35.4 Å². The number of halogens is 1. The molecule has 3 rings (SSSR count). The Morgan fingerprint density at radius 3 is 2.26 bits per heavy atom. The van der Waals surface area contributed by atoms with Crippen LogP contribution in [0.2, 0.25) is 0 Å². The van der Waals surface area contributed by atoms with E-state index >= 15 is 0 Å². The van der Waals surface area contributed by atoms with Crippen LogP contribution in [-0.2, 0) is 4.79 Å². The first-order valence-electron chi connectivity index (χ1n) is 9.33. The Bertz CT molecular complexity index is 704. The molecule has 1 unspecified atom stereocenters. The minimum absolute atomic E-state index is 0. The molecule has 1 aromatic rings. The number of carbonyl (C=O) groups excluding carboxylic acids is 1. The zero-order chi connectivity index (χ0) is 18.7. The molecule has 5 N–H and O–H groups in total. The molecule has 1 atom stereocenters. The summed E-state index contributed by atoms with van der Waals surface area (Å²) in [6.07, 6.45) is 6.00. The quantitative estimate of drug-likeness (QED) is 0.348. The number of carboxylic acids is 1. The van der Waals surface area contributed by atoms with Crippen molar-refractivity contribution in [3.63, 3.8) is 0 Å². The number of carboxylic acid groups (broad SMARTS) is 1. The molecule has 0 aromatic heterocycles. The maximum Gasteiger partial charge on any atom is 0.303 e. The van der Waals surface area contributed by atoms with E-state index in [0.29, 0.717) is 17.0 Å². The van der Waals surface area contributed by atoms with Gasteiger partial charge in [0.05, 0.1) is 6.04 Å². The average Bonchev–Trinajstić information content (AvgIpc) is 2.63. The maximum absolute atomic E-state index is 12.9. The van der Waals surface area contributed by atoms with Crippen LogP contribution in [0.3, 0.4) is 0 Å². The number of carbonyl (C=O) groups is 2. The molecule has 1 spiro atoms. The summed E-state index contributed by atoms with van der Waals surface area (Å²) in [6.45, 7) is 0.797. The van der Waals surface area contributed by atoms with Crippen LogP contribution in [0.1, 0.15) is 60.9 Å². The van der Waals surface area contributed by atoms with Crippen molar-refractivity contribution >= 4 is 30.0 Å². The summed E-state index contributed by atoms with van der Waals surface area (Å²) in [6, 6.07) is 6.80. The zero-order valence-electron chi connectivity index (χ0n) is 15.4. The Morgan fingerprint density at radius 1 is 1.15 bits per heavy atom. The van der Waals surface area contributed by atoms with Gasteiger partial charge in [-0.3, -0.25) is 15.0 Å². The van der Waals surface area contributed by atoms with Gasteiger partial charge in [-0.15, -0.1) is 12.4 Å². The minimum atomic E-state index is -0.706. The van der Waals surface area contributed by atoms with Crippen molar-refractivity contribution in [1.82, 2.24) is 5.32 Å². The summed E-state index contributed by atoms with van der Waals surface area (Å²) in [7, 11) is 0. The molecule has 2 fully saturated rings. The number of Topliss-reactive ketones (excluding diaryl/α,β-unsaturated/α-hetero) is 1. The molecule has 1 saturated heterocycles. The third-order valence-electron chi connectivity index (χ3n) is 6.12. The molecule has 1 aliphatic carbocycles. The second-order valence-corrected chi connectivity index (χ2v) is 7.84. The Morgan fingerprint density at radius 2 is 1.74 bits per heavy atom. The van der Waals surface area contributed by atoms with E-state index in [2.05, 4.69) is 5.32 Å². The van der Waals surface area contributed by atoms with Crippen LogP contribution in [-0.4, -0.2) is 35.3 Å². The third-order valence-corrected chi connectivity index (χ3v) is 6.12. The van der Waals surface area contributed by atoms with E-state index in [-0.39, 0.29) is 41.9 Å². The lowest BCUT2D eigenvalue weighted by molar-refractivity contribution is -0.138. The first-order chi connectivity index (χ1) is 12.4. The van der Waals surface area contributed by atoms with Crippen LogP contribution in [0, 0.1) is 16.7 Å². The molecule has 148 valence electrons. The predicted molar refractivity (Wildman–Crippen MR) is 107 cm³/mol. The van der Waals surface area contributed by atoms with Crippen LogP contribution in [0.4, 0.5) is 0 Å². The fourth-order valence-electron chi connectivity index (χ4n) is 4.49. The van der Waals surface area contributed by atoms with Crippen molar-refractivity contribution in [3.8, 4) is 0 Å². The van der Waals surface area contributed by atoms with Gasteiger partial charge in [0, 0.05) is 24.1 Å². The zero-order valence-corrected chi connectivity index (χ0v) is 16.2. The molecule has 27 heavy (non-hydrogen) atoms. The molecule has 0 amide bonds. The van der Waals surface area contributed by atoms with Crippen molar-refractivity contribution in [2.24, 2.45) is 17.1 Å². The largest absolute Gasteiger partial charge is 0.481 e. The highest BCUT2D eigenvalue weighted by Gasteiger charge is 2.40. The highest BCUT2D eigenvalue weighted by Crippen LogP contribution is 2.45. The van der Waals surface area contributed by atoms with E-state index in [1.807, 2.05) is 0 Å². The molecule has 6 nitrogen and oxygen atoms in total. The number of nitrogens with two attached hydrogens (primary N) is 1. The lowest BCUT2D eigenvalue weighted by Crippen LogP contribution is -2.50. The van der Waals surface area contributed by atoms with Crippen molar-refractivity contribution < 1.29 is 14.7 Å². The maximum atomic E-state index is 12.9. The van der Waals surface area contributed by atoms with Gasteiger partial charge in [-0.1, -0.05) is 24.3 Å². The molecule has 7 heteroatoms. The smallest absolute Gasteiger partial charge is 0.303 e. The molecule has 1 heterocycles. The summed E-state index contributed by atoms with van der Waals surface area (Å²) in [5.74, 6) is -0.495. The Kier molecular flexibility index (Phi) is 7.00. The Balaban J connectivity index is 0.00000261. The van der Waals surface area contributed by atoms with Gasteiger partial charge < -0.3 is 16.2 Å². The van der Waals surface area contributed by atoms with Crippen LogP contribution < -0.4 is 11.1 Å². The summed E-state index contributed by atoms with van der Waals surface area (Å²) < 4.78 is 0. The number of aliphatic carboxylic acids is 1. The van der Waals surface area contributed by atoms with Gasteiger partial charge in [0.2, 0.25) is 0 Å². The van der Waals surface area contributed by atoms with E-state index in [4.69, 9.17) is 16.2 Å². The van der Waals surface area contributed by atoms with Crippen LogP contribution >= 0.6 is 12.4 Å². The Hall–Kier alpha value is -1.92. The number of amidine groups is 1. The van der Waals surface area contributed by atoms with Crippen LogP contribution in [0.15, 0.2) is 24.3 Å². The second kappa shape index (κ2) is 8.85. The van der Waals surface area contributed by atoms with E-state index in [0.717, 1.165) is 45.1 Å². The van der Waals surface area contributed by atoms with Gasteiger partial charge in [-0.05, 0) is 49.9 Å². The molecular formula is C20H28ClN3O3. The van der Waals surface area contributed by atoms with Crippen LogP contribution in [0.25, 0.3) is 0 Å². The number of ketones is 1. The number of hydrogen-bond donors (Lipinski definition) is 4. The summed E-state index contributed by atoms with van der Waals surface area (Å²) in [5.41, 5.74) is 6.82. The van der Waals surface area contributed by atoms with Crippen molar-refractivity contribution in [2.45, 2.75) is 51.0 Å². The topological polar surface area (TPSA) is 116 Å². The number of piperidine rings is 1. The molecule has 1 aliphatic heterocycles. The molecule has 0 radical (unpaired) electrons. The predicted octanol–water partition coefficient (Wildman–Crippen LogP) is 2.98. The number of hydrogen-bond acceptors (Lipinski definition) is 4. The molecule has 2 aliphatic rings. The van der Waals surface area contributed by atoms with Gasteiger partial charge in [-0.2, -0.15) is 0 Å². The van der Waals surface area contributed by atoms with Gasteiger partial charge in [0.15, 0.2) is 5.78 Å². The summed E-state index contributed by atoms with van der Waals surface area (Å²) >= 11 is 0.